The minimum Gasteiger partial charge on any atom is -0.424 e. The molecule has 0 fully saturated rings. The first-order chi connectivity index (χ1) is 16.2. The standard InChI is InChI=1S/C27H23N3O3/c1-3-12-20-14-8-10-18-23(20)32-26-28-25(31-22-16-6-5-7-17-22)29-27(30-26)33-24-19-11-9-15-21(24)13-4-2/h3-11,14-19H,1-2,12-13H2. The predicted octanol–water partition coefficient (Wildman–Crippen LogP) is 6.71. The minimum atomic E-state index is 0.0589. The largest absolute Gasteiger partial charge is 0.424 e. The Bertz CT molecular complexity index is 1170. The van der Waals surface area contributed by atoms with E-state index in [1.807, 2.05) is 91.0 Å². The fourth-order valence-corrected chi connectivity index (χ4v) is 3.10. The van der Waals surface area contributed by atoms with Gasteiger partial charge >= 0.3 is 18.0 Å². The van der Waals surface area contributed by atoms with Gasteiger partial charge in [0.15, 0.2) is 0 Å². The van der Waals surface area contributed by atoms with E-state index in [1.54, 1.807) is 0 Å². The van der Waals surface area contributed by atoms with Crippen LogP contribution in [0.2, 0.25) is 0 Å². The van der Waals surface area contributed by atoms with Gasteiger partial charge in [0.25, 0.3) is 0 Å². The highest BCUT2D eigenvalue weighted by molar-refractivity contribution is 5.38. The molecule has 6 nitrogen and oxygen atoms in total. The number of allylic oxidation sites excluding steroid dienone is 2. The molecule has 0 spiro atoms. The lowest BCUT2D eigenvalue weighted by Gasteiger charge is -2.12. The Morgan fingerprint density at radius 2 is 0.970 bits per heavy atom. The predicted molar refractivity (Wildman–Crippen MR) is 127 cm³/mol. The molecule has 0 aliphatic carbocycles. The van der Waals surface area contributed by atoms with E-state index in [0.717, 1.165) is 11.1 Å². The molecule has 0 amide bonds. The number of hydrogen-bond acceptors (Lipinski definition) is 6. The summed E-state index contributed by atoms with van der Waals surface area (Å²) in [7, 11) is 0. The van der Waals surface area contributed by atoms with Crippen LogP contribution < -0.4 is 14.2 Å². The third-order valence-corrected chi connectivity index (χ3v) is 4.60. The first-order valence-electron chi connectivity index (χ1n) is 10.5. The second-order valence-electron chi connectivity index (χ2n) is 7.00. The molecule has 0 saturated heterocycles. The highest BCUT2D eigenvalue weighted by atomic mass is 16.5. The Balaban J connectivity index is 1.69. The molecular weight excluding hydrogens is 414 g/mol. The summed E-state index contributed by atoms with van der Waals surface area (Å²) < 4.78 is 17.9. The van der Waals surface area contributed by atoms with Crippen LogP contribution in [0, 0.1) is 0 Å². The van der Waals surface area contributed by atoms with Gasteiger partial charge in [0.05, 0.1) is 0 Å². The van der Waals surface area contributed by atoms with Crippen LogP contribution in [0.25, 0.3) is 0 Å². The smallest absolute Gasteiger partial charge is 0.331 e. The maximum absolute atomic E-state index is 6.01. The topological polar surface area (TPSA) is 66.4 Å². The molecule has 6 heteroatoms. The third kappa shape index (κ3) is 5.83. The van der Waals surface area contributed by atoms with E-state index < -0.39 is 0 Å². The lowest BCUT2D eigenvalue weighted by atomic mass is 10.1. The van der Waals surface area contributed by atoms with Gasteiger partial charge in [0.2, 0.25) is 0 Å². The average molecular weight is 437 g/mol. The first-order valence-corrected chi connectivity index (χ1v) is 10.5. The van der Waals surface area contributed by atoms with Crippen molar-refractivity contribution in [3.05, 3.63) is 115 Å². The van der Waals surface area contributed by atoms with E-state index in [2.05, 4.69) is 28.1 Å². The molecule has 0 aliphatic rings. The zero-order chi connectivity index (χ0) is 22.9. The van der Waals surface area contributed by atoms with Crippen LogP contribution >= 0.6 is 0 Å². The summed E-state index contributed by atoms with van der Waals surface area (Å²) >= 11 is 0. The SMILES string of the molecule is C=CCc1ccccc1Oc1nc(Oc2ccccc2)nc(Oc2ccccc2CC=C)n1. The van der Waals surface area contributed by atoms with Gasteiger partial charge in [-0.3, -0.25) is 0 Å². The van der Waals surface area contributed by atoms with E-state index in [-0.39, 0.29) is 18.0 Å². The van der Waals surface area contributed by atoms with Crippen LogP contribution in [0.5, 0.6) is 35.3 Å². The molecule has 0 bridgehead atoms. The Kier molecular flexibility index (Phi) is 7.08. The number of ether oxygens (including phenoxy) is 3. The Hall–Kier alpha value is -4.45. The molecule has 164 valence electrons. The molecule has 33 heavy (non-hydrogen) atoms. The summed E-state index contributed by atoms with van der Waals surface area (Å²) in [6.07, 6.45) is 4.91. The molecule has 3 aromatic carbocycles. The van der Waals surface area contributed by atoms with Crippen molar-refractivity contribution in [3.63, 3.8) is 0 Å². The highest BCUT2D eigenvalue weighted by Gasteiger charge is 2.15. The molecule has 1 aromatic heterocycles. The fraction of sp³-hybridized carbons (Fsp3) is 0.0741. The van der Waals surface area contributed by atoms with Gasteiger partial charge in [-0.15, -0.1) is 28.1 Å². The van der Waals surface area contributed by atoms with Crippen molar-refractivity contribution in [3.8, 4) is 35.3 Å². The molecule has 4 aromatic rings. The number of nitrogens with zero attached hydrogens (tertiary/aromatic N) is 3. The van der Waals surface area contributed by atoms with Crippen molar-refractivity contribution >= 4 is 0 Å². The maximum Gasteiger partial charge on any atom is 0.331 e. The van der Waals surface area contributed by atoms with E-state index in [4.69, 9.17) is 14.2 Å². The number of hydrogen-bond donors (Lipinski definition) is 0. The fourth-order valence-electron chi connectivity index (χ4n) is 3.10. The number of benzene rings is 3. The molecular formula is C27H23N3O3. The third-order valence-electron chi connectivity index (χ3n) is 4.60. The number of rotatable bonds is 10. The molecule has 0 aliphatic heterocycles. The van der Waals surface area contributed by atoms with Crippen molar-refractivity contribution in [2.24, 2.45) is 0 Å². The van der Waals surface area contributed by atoms with Crippen molar-refractivity contribution in [2.75, 3.05) is 0 Å². The Labute approximate surface area is 192 Å². The summed E-state index contributed by atoms with van der Waals surface area (Å²) in [5.41, 5.74) is 1.91. The van der Waals surface area contributed by atoms with E-state index in [0.29, 0.717) is 30.1 Å². The van der Waals surface area contributed by atoms with Crippen LogP contribution in [0.1, 0.15) is 11.1 Å². The second-order valence-corrected chi connectivity index (χ2v) is 7.00. The van der Waals surface area contributed by atoms with Gasteiger partial charge in [-0.25, -0.2) is 0 Å². The molecule has 1 heterocycles. The van der Waals surface area contributed by atoms with Gasteiger partial charge in [0.1, 0.15) is 17.2 Å². The number of para-hydroxylation sites is 3. The van der Waals surface area contributed by atoms with E-state index in [9.17, 15) is 0 Å². The van der Waals surface area contributed by atoms with Gasteiger partial charge < -0.3 is 14.2 Å². The molecule has 0 saturated carbocycles. The lowest BCUT2D eigenvalue weighted by Crippen LogP contribution is -2.03. The Morgan fingerprint density at radius 3 is 1.45 bits per heavy atom. The Morgan fingerprint density at radius 1 is 0.545 bits per heavy atom. The van der Waals surface area contributed by atoms with Gasteiger partial charge in [-0.2, -0.15) is 0 Å². The average Bonchev–Trinajstić information content (AvgIpc) is 2.83. The molecule has 4 rings (SSSR count). The normalized spacial score (nSPS) is 10.3. The van der Waals surface area contributed by atoms with Crippen LogP contribution in [-0.4, -0.2) is 15.0 Å². The van der Waals surface area contributed by atoms with Crippen LogP contribution in [0.3, 0.4) is 0 Å². The van der Waals surface area contributed by atoms with Crippen molar-refractivity contribution < 1.29 is 14.2 Å². The van der Waals surface area contributed by atoms with E-state index >= 15 is 0 Å². The van der Waals surface area contributed by atoms with Crippen molar-refractivity contribution in [1.82, 2.24) is 15.0 Å². The summed E-state index contributed by atoms with van der Waals surface area (Å²) in [5.74, 6) is 1.82. The highest BCUT2D eigenvalue weighted by Crippen LogP contribution is 2.30. The van der Waals surface area contributed by atoms with Crippen molar-refractivity contribution in [2.45, 2.75) is 12.8 Å². The summed E-state index contributed by atoms with van der Waals surface area (Å²) in [6.45, 7) is 7.61. The number of aromatic nitrogens is 3. The van der Waals surface area contributed by atoms with Gasteiger partial charge in [-0.05, 0) is 48.2 Å². The quantitative estimate of drug-likeness (QED) is 0.257. The van der Waals surface area contributed by atoms with Crippen LogP contribution in [0.4, 0.5) is 0 Å². The molecule has 0 radical (unpaired) electrons. The van der Waals surface area contributed by atoms with E-state index in [1.165, 1.54) is 0 Å². The minimum absolute atomic E-state index is 0.0589. The maximum atomic E-state index is 6.01. The monoisotopic (exact) mass is 437 g/mol. The van der Waals surface area contributed by atoms with Crippen LogP contribution in [0.15, 0.2) is 104 Å². The summed E-state index contributed by atoms with van der Waals surface area (Å²) in [6, 6.07) is 24.7. The zero-order valence-electron chi connectivity index (χ0n) is 18.1. The van der Waals surface area contributed by atoms with Crippen LogP contribution in [-0.2, 0) is 12.8 Å². The summed E-state index contributed by atoms with van der Waals surface area (Å²) in [5, 5.41) is 0. The van der Waals surface area contributed by atoms with Crippen molar-refractivity contribution in [1.29, 1.82) is 0 Å². The zero-order valence-corrected chi connectivity index (χ0v) is 18.1. The molecule has 0 atom stereocenters. The summed E-state index contributed by atoms with van der Waals surface area (Å²) in [4.78, 5) is 13.0. The second kappa shape index (κ2) is 10.7. The van der Waals surface area contributed by atoms with Gasteiger partial charge in [0, 0.05) is 0 Å². The first kappa shape index (κ1) is 21.8. The molecule has 0 unspecified atom stereocenters. The lowest BCUT2D eigenvalue weighted by molar-refractivity contribution is 0.360. The van der Waals surface area contributed by atoms with Gasteiger partial charge in [-0.1, -0.05) is 66.7 Å². The molecule has 0 N–H and O–H groups in total.